The summed E-state index contributed by atoms with van der Waals surface area (Å²) in [7, 11) is 0. The third kappa shape index (κ3) is 2.00. The van der Waals surface area contributed by atoms with Crippen LogP contribution in [0.2, 0.25) is 0 Å². The fourth-order valence-electron chi connectivity index (χ4n) is 1.29. The smallest absolute Gasteiger partial charge is 0.200 e. The Hall–Kier alpha value is -0.990. The molecule has 0 aliphatic rings. The molecule has 0 spiro atoms. The second kappa shape index (κ2) is 4.14. The third-order valence-corrected chi connectivity index (χ3v) is 2.07. The SMILES string of the molecule is CCCCCn1c(C)cnc1N. The Morgan fingerprint density at radius 3 is 2.75 bits per heavy atom. The van der Waals surface area contributed by atoms with Crippen molar-refractivity contribution in [2.75, 3.05) is 5.73 Å². The van der Waals surface area contributed by atoms with Gasteiger partial charge >= 0.3 is 0 Å². The Balaban J connectivity index is 2.50. The van der Waals surface area contributed by atoms with Crippen molar-refractivity contribution in [3.63, 3.8) is 0 Å². The second-order valence-corrected chi connectivity index (χ2v) is 3.12. The Morgan fingerprint density at radius 1 is 1.50 bits per heavy atom. The lowest BCUT2D eigenvalue weighted by atomic mass is 10.2. The first-order chi connectivity index (χ1) is 5.75. The number of nitrogen functional groups attached to an aromatic ring is 1. The van der Waals surface area contributed by atoms with E-state index < -0.39 is 0 Å². The van der Waals surface area contributed by atoms with Gasteiger partial charge in [-0.3, -0.25) is 0 Å². The predicted octanol–water partition coefficient (Wildman–Crippen LogP) is 1.96. The molecule has 0 aliphatic carbocycles. The summed E-state index contributed by atoms with van der Waals surface area (Å²) in [5.41, 5.74) is 6.83. The number of aryl methyl sites for hydroxylation is 1. The number of nitrogens with two attached hydrogens (primary N) is 1. The van der Waals surface area contributed by atoms with Gasteiger partial charge in [-0.1, -0.05) is 19.8 Å². The van der Waals surface area contributed by atoms with Crippen molar-refractivity contribution in [2.24, 2.45) is 0 Å². The van der Waals surface area contributed by atoms with Crippen molar-refractivity contribution in [1.82, 2.24) is 9.55 Å². The summed E-state index contributed by atoms with van der Waals surface area (Å²) in [6, 6.07) is 0. The zero-order valence-electron chi connectivity index (χ0n) is 7.88. The van der Waals surface area contributed by atoms with Gasteiger partial charge in [0.1, 0.15) is 0 Å². The lowest BCUT2D eigenvalue weighted by Gasteiger charge is -2.05. The summed E-state index contributed by atoms with van der Waals surface area (Å²) < 4.78 is 2.07. The highest BCUT2D eigenvalue weighted by atomic mass is 15.1. The van der Waals surface area contributed by atoms with Gasteiger partial charge in [-0.15, -0.1) is 0 Å². The van der Waals surface area contributed by atoms with Gasteiger partial charge in [0.25, 0.3) is 0 Å². The fraction of sp³-hybridized carbons (Fsp3) is 0.667. The Morgan fingerprint density at radius 2 is 2.25 bits per heavy atom. The van der Waals surface area contributed by atoms with Crippen LogP contribution in [0.15, 0.2) is 6.20 Å². The van der Waals surface area contributed by atoms with Gasteiger partial charge in [0.05, 0.1) is 6.20 Å². The van der Waals surface area contributed by atoms with Crippen LogP contribution in [0.5, 0.6) is 0 Å². The van der Waals surface area contributed by atoms with Crippen LogP contribution >= 0.6 is 0 Å². The Kier molecular flexibility index (Phi) is 3.14. The van der Waals surface area contributed by atoms with Gasteiger partial charge < -0.3 is 10.3 Å². The summed E-state index contributed by atoms with van der Waals surface area (Å²) in [6.45, 7) is 5.24. The summed E-state index contributed by atoms with van der Waals surface area (Å²) in [5, 5.41) is 0. The molecule has 0 unspecified atom stereocenters. The Labute approximate surface area is 73.6 Å². The summed E-state index contributed by atoms with van der Waals surface area (Å²) in [5.74, 6) is 0.642. The van der Waals surface area contributed by atoms with Crippen molar-refractivity contribution in [3.8, 4) is 0 Å². The van der Waals surface area contributed by atoms with E-state index in [2.05, 4.69) is 16.5 Å². The van der Waals surface area contributed by atoms with Crippen LogP contribution in [-0.2, 0) is 6.54 Å². The maximum absolute atomic E-state index is 5.68. The fourth-order valence-corrected chi connectivity index (χ4v) is 1.29. The molecule has 3 heteroatoms. The van der Waals surface area contributed by atoms with E-state index in [0.29, 0.717) is 5.95 Å². The number of rotatable bonds is 4. The molecule has 12 heavy (non-hydrogen) atoms. The van der Waals surface area contributed by atoms with Gasteiger partial charge in [0.2, 0.25) is 0 Å². The molecule has 3 nitrogen and oxygen atoms in total. The number of aromatic nitrogens is 2. The van der Waals surface area contributed by atoms with Crippen molar-refractivity contribution in [2.45, 2.75) is 39.7 Å². The van der Waals surface area contributed by atoms with Crippen molar-refractivity contribution < 1.29 is 0 Å². The van der Waals surface area contributed by atoms with Crippen LogP contribution in [0, 0.1) is 6.92 Å². The maximum Gasteiger partial charge on any atom is 0.200 e. The number of anilines is 1. The van der Waals surface area contributed by atoms with E-state index in [9.17, 15) is 0 Å². The van der Waals surface area contributed by atoms with Crippen molar-refractivity contribution >= 4 is 5.95 Å². The quantitative estimate of drug-likeness (QED) is 0.697. The zero-order valence-corrected chi connectivity index (χ0v) is 7.88. The highest BCUT2D eigenvalue weighted by molar-refractivity contribution is 5.21. The molecule has 0 saturated carbocycles. The van der Waals surface area contributed by atoms with E-state index in [1.165, 1.54) is 19.3 Å². The normalized spacial score (nSPS) is 10.5. The largest absolute Gasteiger partial charge is 0.369 e. The monoisotopic (exact) mass is 167 g/mol. The summed E-state index contributed by atoms with van der Waals surface area (Å²) in [4.78, 5) is 4.04. The molecule has 0 amide bonds. The first kappa shape index (κ1) is 9.10. The minimum atomic E-state index is 0.642. The van der Waals surface area contributed by atoms with E-state index in [1.807, 2.05) is 13.1 Å². The molecule has 0 aromatic carbocycles. The Bertz CT molecular complexity index is 220. The van der Waals surface area contributed by atoms with Crippen molar-refractivity contribution in [1.29, 1.82) is 0 Å². The first-order valence-electron chi connectivity index (χ1n) is 4.53. The van der Waals surface area contributed by atoms with E-state index in [-0.39, 0.29) is 0 Å². The van der Waals surface area contributed by atoms with Gasteiger partial charge in [-0.05, 0) is 13.3 Å². The molecule has 0 bridgehead atoms. The molecule has 0 saturated heterocycles. The summed E-state index contributed by atoms with van der Waals surface area (Å²) in [6.07, 6.45) is 5.52. The number of hydrogen-bond acceptors (Lipinski definition) is 2. The van der Waals surface area contributed by atoms with Gasteiger partial charge in [0, 0.05) is 12.2 Å². The maximum atomic E-state index is 5.68. The van der Waals surface area contributed by atoms with Crippen molar-refractivity contribution in [3.05, 3.63) is 11.9 Å². The molecule has 0 fully saturated rings. The van der Waals surface area contributed by atoms with Gasteiger partial charge in [0.15, 0.2) is 5.95 Å². The minimum absolute atomic E-state index is 0.642. The third-order valence-electron chi connectivity index (χ3n) is 2.07. The molecule has 2 N–H and O–H groups in total. The van der Waals surface area contributed by atoms with Gasteiger partial charge in [-0.2, -0.15) is 0 Å². The molecule has 1 aromatic rings. The average Bonchev–Trinajstić information content (AvgIpc) is 2.35. The second-order valence-electron chi connectivity index (χ2n) is 3.12. The number of unbranched alkanes of at least 4 members (excludes halogenated alkanes) is 2. The molecule has 1 rings (SSSR count). The molecule has 68 valence electrons. The number of imidazole rings is 1. The lowest BCUT2D eigenvalue weighted by Crippen LogP contribution is -2.04. The number of hydrogen-bond donors (Lipinski definition) is 1. The van der Waals surface area contributed by atoms with E-state index >= 15 is 0 Å². The van der Waals surface area contributed by atoms with E-state index in [1.54, 1.807) is 0 Å². The standard InChI is InChI=1S/C9H17N3/c1-3-4-5-6-12-8(2)7-11-9(12)10/h7H,3-6H2,1-2H3,(H2,10,11). The first-order valence-corrected chi connectivity index (χ1v) is 4.53. The number of nitrogens with zero attached hydrogens (tertiary/aromatic N) is 2. The van der Waals surface area contributed by atoms with E-state index in [4.69, 9.17) is 5.73 Å². The van der Waals surface area contributed by atoms with Crippen LogP contribution in [0.4, 0.5) is 5.95 Å². The van der Waals surface area contributed by atoms with Crippen LogP contribution in [0.25, 0.3) is 0 Å². The molecular formula is C9H17N3. The highest BCUT2D eigenvalue weighted by Crippen LogP contribution is 2.08. The topological polar surface area (TPSA) is 43.8 Å². The summed E-state index contributed by atoms with van der Waals surface area (Å²) >= 11 is 0. The predicted molar refractivity (Wildman–Crippen MR) is 50.9 cm³/mol. The molecule has 0 atom stereocenters. The molecule has 1 aromatic heterocycles. The van der Waals surface area contributed by atoms with Gasteiger partial charge in [-0.25, -0.2) is 4.98 Å². The average molecular weight is 167 g/mol. The van der Waals surface area contributed by atoms with Crippen LogP contribution in [0.3, 0.4) is 0 Å². The van der Waals surface area contributed by atoms with Crippen LogP contribution in [0.1, 0.15) is 31.9 Å². The highest BCUT2D eigenvalue weighted by Gasteiger charge is 2.01. The van der Waals surface area contributed by atoms with Crippen LogP contribution in [-0.4, -0.2) is 9.55 Å². The molecule has 0 radical (unpaired) electrons. The molecule has 0 aliphatic heterocycles. The minimum Gasteiger partial charge on any atom is -0.369 e. The zero-order chi connectivity index (χ0) is 8.97. The lowest BCUT2D eigenvalue weighted by molar-refractivity contribution is 0.598. The molecule has 1 heterocycles. The van der Waals surface area contributed by atoms with E-state index in [0.717, 1.165) is 12.2 Å². The van der Waals surface area contributed by atoms with Crippen LogP contribution < -0.4 is 5.73 Å². The molecular weight excluding hydrogens is 150 g/mol.